The van der Waals surface area contributed by atoms with Crippen LogP contribution in [-0.4, -0.2) is 25.1 Å². The van der Waals surface area contributed by atoms with Crippen LogP contribution in [-0.2, 0) is 9.53 Å². The average molecular weight is 393 g/mol. The molecule has 1 atom stereocenters. The van der Waals surface area contributed by atoms with Crippen molar-refractivity contribution < 1.29 is 19.1 Å². The molecule has 3 aromatic rings. The first-order valence-corrected chi connectivity index (χ1v) is 9.83. The lowest BCUT2D eigenvalue weighted by Gasteiger charge is -2.37. The van der Waals surface area contributed by atoms with Crippen molar-refractivity contribution in [3.8, 4) is 5.75 Å². The SMILES string of the molecule is Cc1ccsc1C(=O)OCC(=O)N1c2ccccc2OCC1c1ccccc1. The molecule has 0 saturated heterocycles. The molecule has 0 fully saturated rings. The van der Waals surface area contributed by atoms with Gasteiger partial charge in [-0.15, -0.1) is 11.3 Å². The van der Waals surface area contributed by atoms with E-state index in [0.717, 1.165) is 11.1 Å². The maximum Gasteiger partial charge on any atom is 0.349 e. The van der Waals surface area contributed by atoms with Gasteiger partial charge in [-0.25, -0.2) is 4.79 Å². The Morgan fingerprint density at radius 3 is 2.61 bits per heavy atom. The van der Waals surface area contributed by atoms with E-state index >= 15 is 0 Å². The van der Waals surface area contributed by atoms with Gasteiger partial charge >= 0.3 is 5.97 Å². The highest BCUT2D eigenvalue weighted by Gasteiger charge is 2.33. The number of ether oxygens (including phenoxy) is 2. The summed E-state index contributed by atoms with van der Waals surface area (Å²) in [5, 5.41) is 1.83. The molecule has 0 radical (unpaired) electrons. The Hall–Kier alpha value is -3.12. The quantitative estimate of drug-likeness (QED) is 0.617. The maximum absolute atomic E-state index is 13.1. The van der Waals surface area contributed by atoms with Gasteiger partial charge in [0.2, 0.25) is 0 Å². The highest BCUT2D eigenvalue weighted by Crippen LogP contribution is 2.39. The number of rotatable bonds is 4. The van der Waals surface area contributed by atoms with Gasteiger partial charge in [-0.05, 0) is 41.6 Å². The van der Waals surface area contributed by atoms with E-state index in [2.05, 4.69) is 0 Å². The van der Waals surface area contributed by atoms with Gasteiger partial charge in [0, 0.05) is 0 Å². The molecule has 1 aromatic heterocycles. The van der Waals surface area contributed by atoms with Crippen molar-refractivity contribution in [2.24, 2.45) is 0 Å². The third-order valence-corrected chi connectivity index (χ3v) is 5.66. The standard InChI is InChI=1S/C22H19NO4S/c1-15-11-12-28-21(15)22(25)27-14-20(24)23-17-9-5-6-10-19(17)26-13-18(23)16-7-3-2-4-8-16/h2-12,18H,13-14H2,1H3. The molecule has 1 aliphatic heterocycles. The summed E-state index contributed by atoms with van der Waals surface area (Å²) in [4.78, 5) is 27.6. The number of carbonyl (C=O) groups excluding carboxylic acids is 2. The first-order valence-electron chi connectivity index (χ1n) is 8.95. The minimum Gasteiger partial charge on any atom is -0.489 e. The summed E-state index contributed by atoms with van der Waals surface area (Å²) < 4.78 is 11.2. The van der Waals surface area contributed by atoms with Gasteiger partial charge in [0.05, 0.1) is 11.7 Å². The van der Waals surface area contributed by atoms with Gasteiger partial charge in [-0.1, -0.05) is 42.5 Å². The fourth-order valence-corrected chi connectivity index (χ4v) is 4.08. The van der Waals surface area contributed by atoms with Crippen molar-refractivity contribution >= 4 is 28.9 Å². The fourth-order valence-electron chi connectivity index (χ4n) is 3.26. The summed E-state index contributed by atoms with van der Waals surface area (Å²) in [5.74, 6) is -0.116. The number of esters is 1. The van der Waals surface area contributed by atoms with Crippen LogP contribution in [0.4, 0.5) is 5.69 Å². The maximum atomic E-state index is 13.1. The predicted octanol–water partition coefficient (Wildman–Crippen LogP) is 4.38. The van der Waals surface area contributed by atoms with Crippen LogP contribution in [0.3, 0.4) is 0 Å². The van der Waals surface area contributed by atoms with Gasteiger partial charge in [0.25, 0.3) is 5.91 Å². The molecule has 5 nitrogen and oxygen atoms in total. The first kappa shape index (κ1) is 18.3. The molecule has 1 unspecified atom stereocenters. The van der Waals surface area contributed by atoms with E-state index < -0.39 is 5.97 Å². The van der Waals surface area contributed by atoms with Crippen LogP contribution in [0.15, 0.2) is 66.0 Å². The number of carbonyl (C=O) groups is 2. The molecule has 6 heteroatoms. The molecule has 0 N–H and O–H groups in total. The smallest absolute Gasteiger partial charge is 0.349 e. The van der Waals surface area contributed by atoms with E-state index in [1.165, 1.54) is 11.3 Å². The Morgan fingerprint density at radius 2 is 1.86 bits per heavy atom. The summed E-state index contributed by atoms with van der Waals surface area (Å²) in [6.45, 7) is 1.86. The molecule has 4 rings (SSSR count). The minimum atomic E-state index is -0.473. The Balaban J connectivity index is 1.59. The zero-order valence-corrected chi connectivity index (χ0v) is 16.1. The van der Waals surface area contributed by atoms with E-state index in [1.807, 2.05) is 73.0 Å². The second kappa shape index (κ2) is 7.86. The third-order valence-electron chi connectivity index (χ3n) is 4.66. The number of benzene rings is 2. The Bertz CT molecular complexity index is 999. The third kappa shape index (κ3) is 3.51. The number of anilines is 1. The number of fused-ring (bicyclic) bond motifs is 1. The van der Waals surface area contributed by atoms with Crippen LogP contribution in [0.1, 0.15) is 26.8 Å². The summed E-state index contributed by atoms with van der Waals surface area (Å²) in [5.41, 5.74) is 2.49. The average Bonchev–Trinajstić information content (AvgIpc) is 3.17. The summed E-state index contributed by atoms with van der Waals surface area (Å²) in [7, 11) is 0. The number of para-hydroxylation sites is 2. The molecule has 0 bridgehead atoms. The number of nitrogens with zero attached hydrogens (tertiary/aromatic N) is 1. The zero-order valence-electron chi connectivity index (χ0n) is 15.3. The lowest BCUT2D eigenvalue weighted by molar-refractivity contribution is -0.122. The molecule has 142 valence electrons. The van der Waals surface area contributed by atoms with E-state index in [1.54, 1.807) is 4.90 Å². The molecule has 0 aliphatic carbocycles. The molecule has 2 aromatic carbocycles. The van der Waals surface area contributed by atoms with Gasteiger partial charge in [0.1, 0.15) is 17.2 Å². The highest BCUT2D eigenvalue weighted by molar-refractivity contribution is 7.12. The summed E-state index contributed by atoms with van der Waals surface area (Å²) in [6, 6.07) is 18.7. The zero-order chi connectivity index (χ0) is 19.5. The minimum absolute atomic E-state index is 0.285. The molecule has 2 heterocycles. The summed E-state index contributed by atoms with van der Waals surface area (Å²) >= 11 is 1.31. The Morgan fingerprint density at radius 1 is 1.11 bits per heavy atom. The molecular formula is C22H19NO4S. The topological polar surface area (TPSA) is 55.8 Å². The van der Waals surface area contributed by atoms with Crippen molar-refractivity contribution in [1.29, 1.82) is 0 Å². The monoisotopic (exact) mass is 393 g/mol. The van der Waals surface area contributed by atoms with E-state index in [4.69, 9.17) is 9.47 Å². The largest absolute Gasteiger partial charge is 0.489 e. The normalized spacial score (nSPS) is 15.5. The van der Waals surface area contributed by atoms with Crippen molar-refractivity contribution in [3.05, 3.63) is 82.0 Å². The van der Waals surface area contributed by atoms with Crippen LogP contribution >= 0.6 is 11.3 Å². The van der Waals surface area contributed by atoms with E-state index in [9.17, 15) is 9.59 Å². The Labute approximate surface area is 167 Å². The van der Waals surface area contributed by atoms with Gasteiger partial charge in [0.15, 0.2) is 6.61 Å². The van der Waals surface area contributed by atoms with Crippen molar-refractivity contribution in [3.63, 3.8) is 0 Å². The molecule has 1 amide bonds. The number of aryl methyl sites for hydroxylation is 1. The van der Waals surface area contributed by atoms with E-state index in [-0.39, 0.29) is 18.6 Å². The highest BCUT2D eigenvalue weighted by atomic mass is 32.1. The molecular weight excluding hydrogens is 374 g/mol. The predicted molar refractivity (Wildman–Crippen MR) is 108 cm³/mol. The van der Waals surface area contributed by atoms with Crippen LogP contribution in [0.2, 0.25) is 0 Å². The van der Waals surface area contributed by atoms with Crippen LogP contribution in [0, 0.1) is 6.92 Å². The molecule has 0 saturated carbocycles. The molecule has 1 aliphatic rings. The molecule has 0 spiro atoms. The second-order valence-electron chi connectivity index (χ2n) is 6.48. The lowest BCUT2D eigenvalue weighted by atomic mass is 10.0. The first-order chi connectivity index (χ1) is 13.6. The lowest BCUT2D eigenvalue weighted by Crippen LogP contribution is -2.43. The summed E-state index contributed by atoms with van der Waals surface area (Å²) in [6.07, 6.45) is 0. The number of amides is 1. The van der Waals surface area contributed by atoms with Crippen LogP contribution in [0.5, 0.6) is 5.75 Å². The van der Waals surface area contributed by atoms with Crippen molar-refractivity contribution in [1.82, 2.24) is 0 Å². The van der Waals surface area contributed by atoms with Crippen LogP contribution < -0.4 is 9.64 Å². The number of hydrogen-bond donors (Lipinski definition) is 0. The van der Waals surface area contributed by atoms with Crippen LogP contribution in [0.25, 0.3) is 0 Å². The van der Waals surface area contributed by atoms with Gasteiger partial charge < -0.3 is 9.47 Å². The fraction of sp³-hybridized carbons (Fsp3) is 0.182. The van der Waals surface area contributed by atoms with Crippen molar-refractivity contribution in [2.75, 3.05) is 18.1 Å². The molecule has 28 heavy (non-hydrogen) atoms. The van der Waals surface area contributed by atoms with E-state index in [0.29, 0.717) is 22.9 Å². The van der Waals surface area contributed by atoms with Gasteiger partial charge in [-0.2, -0.15) is 0 Å². The van der Waals surface area contributed by atoms with Crippen molar-refractivity contribution in [2.45, 2.75) is 13.0 Å². The Kier molecular flexibility index (Phi) is 5.12. The number of thiophene rings is 1. The van der Waals surface area contributed by atoms with Gasteiger partial charge in [-0.3, -0.25) is 9.69 Å². The number of hydrogen-bond acceptors (Lipinski definition) is 5. The second-order valence-corrected chi connectivity index (χ2v) is 7.39.